The largest absolute Gasteiger partial charge is 0.379 e. The Bertz CT molecular complexity index is 896. The summed E-state index contributed by atoms with van der Waals surface area (Å²) in [6.45, 7) is 6.57. The molecule has 3 rings (SSSR count). The van der Waals surface area contributed by atoms with Crippen LogP contribution in [0.25, 0.3) is 0 Å². The molecule has 1 heterocycles. The van der Waals surface area contributed by atoms with Crippen LogP contribution in [0.15, 0.2) is 47.4 Å². The number of rotatable bonds is 6. The van der Waals surface area contributed by atoms with Crippen molar-refractivity contribution in [2.45, 2.75) is 24.8 Å². The molecule has 5 nitrogen and oxygen atoms in total. The van der Waals surface area contributed by atoms with Crippen LogP contribution in [0.5, 0.6) is 0 Å². The first-order chi connectivity index (χ1) is 12.9. The second-order valence-corrected chi connectivity index (χ2v) is 8.61. The Kier molecular flexibility index (Phi) is 6.26. The van der Waals surface area contributed by atoms with Gasteiger partial charge in [-0.15, -0.1) is 0 Å². The Morgan fingerprint density at radius 3 is 2.56 bits per heavy atom. The zero-order valence-corrected chi connectivity index (χ0v) is 16.4. The average Bonchev–Trinajstić information content (AvgIpc) is 2.65. The number of ether oxygens (including phenoxy) is 1. The second-order valence-electron chi connectivity index (χ2n) is 6.84. The van der Waals surface area contributed by atoms with Crippen LogP contribution in [0.4, 0.5) is 4.39 Å². The molecule has 0 amide bonds. The van der Waals surface area contributed by atoms with Crippen molar-refractivity contribution in [2.24, 2.45) is 0 Å². The van der Waals surface area contributed by atoms with Gasteiger partial charge in [-0.25, -0.2) is 17.5 Å². The molecule has 0 spiro atoms. The van der Waals surface area contributed by atoms with Crippen LogP contribution in [-0.4, -0.2) is 46.2 Å². The normalized spacial score (nSPS) is 17.0. The molecule has 27 heavy (non-hydrogen) atoms. The SMILES string of the molecule is Cc1cccc(C(CNS(=O)(=O)c2ccc(F)c(C)c2)N2CCOCC2)c1. The van der Waals surface area contributed by atoms with Crippen molar-refractivity contribution in [3.8, 4) is 0 Å². The van der Waals surface area contributed by atoms with Crippen LogP contribution in [0.2, 0.25) is 0 Å². The fourth-order valence-electron chi connectivity index (χ4n) is 3.28. The van der Waals surface area contributed by atoms with Gasteiger partial charge in [-0.1, -0.05) is 29.8 Å². The van der Waals surface area contributed by atoms with E-state index in [-0.39, 0.29) is 17.5 Å². The van der Waals surface area contributed by atoms with Crippen molar-refractivity contribution in [3.63, 3.8) is 0 Å². The number of morpholine rings is 1. The molecule has 1 atom stereocenters. The number of nitrogens with zero attached hydrogens (tertiary/aromatic N) is 1. The van der Waals surface area contributed by atoms with E-state index in [1.54, 1.807) is 6.92 Å². The lowest BCUT2D eigenvalue weighted by Crippen LogP contribution is -2.43. The smallest absolute Gasteiger partial charge is 0.240 e. The number of benzene rings is 2. The number of nitrogens with one attached hydrogen (secondary N) is 1. The van der Waals surface area contributed by atoms with Gasteiger partial charge in [0.1, 0.15) is 5.82 Å². The molecule has 1 aliphatic heterocycles. The molecular formula is C20H25FN2O3S. The lowest BCUT2D eigenvalue weighted by Gasteiger charge is -2.35. The second kappa shape index (κ2) is 8.48. The molecular weight excluding hydrogens is 367 g/mol. The van der Waals surface area contributed by atoms with Crippen molar-refractivity contribution in [1.82, 2.24) is 9.62 Å². The van der Waals surface area contributed by atoms with Gasteiger partial charge in [0, 0.05) is 25.7 Å². The number of sulfonamides is 1. The Labute approximate surface area is 160 Å². The predicted octanol–water partition coefficient (Wildman–Crippen LogP) is 2.79. The van der Waals surface area contributed by atoms with Crippen LogP contribution in [0.1, 0.15) is 22.7 Å². The zero-order chi connectivity index (χ0) is 19.4. The van der Waals surface area contributed by atoms with Crippen LogP contribution in [-0.2, 0) is 14.8 Å². The van der Waals surface area contributed by atoms with E-state index >= 15 is 0 Å². The number of hydrogen-bond donors (Lipinski definition) is 1. The van der Waals surface area contributed by atoms with Crippen LogP contribution >= 0.6 is 0 Å². The summed E-state index contributed by atoms with van der Waals surface area (Å²) in [5.41, 5.74) is 2.50. The highest BCUT2D eigenvalue weighted by Crippen LogP contribution is 2.23. The third-order valence-electron chi connectivity index (χ3n) is 4.82. The molecule has 1 N–H and O–H groups in total. The number of hydrogen-bond acceptors (Lipinski definition) is 4. The van der Waals surface area contributed by atoms with E-state index in [1.807, 2.05) is 25.1 Å². The minimum atomic E-state index is -3.73. The van der Waals surface area contributed by atoms with Crippen molar-refractivity contribution in [2.75, 3.05) is 32.8 Å². The van der Waals surface area contributed by atoms with E-state index in [2.05, 4.69) is 15.7 Å². The molecule has 0 radical (unpaired) electrons. The molecule has 0 saturated carbocycles. The molecule has 0 bridgehead atoms. The maximum atomic E-state index is 13.5. The van der Waals surface area contributed by atoms with Crippen molar-refractivity contribution in [1.29, 1.82) is 0 Å². The van der Waals surface area contributed by atoms with Gasteiger partial charge in [0.05, 0.1) is 18.1 Å². The molecule has 2 aromatic rings. The van der Waals surface area contributed by atoms with Gasteiger partial charge in [-0.05, 0) is 43.2 Å². The molecule has 1 unspecified atom stereocenters. The summed E-state index contributed by atoms with van der Waals surface area (Å²) in [6.07, 6.45) is 0. The van der Waals surface area contributed by atoms with Gasteiger partial charge in [0.15, 0.2) is 0 Å². The monoisotopic (exact) mass is 392 g/mol. The number of aryl methyl sites for hydroxylation is 2. The molecule has 146 valence electrons. The van der Waals surface area contributed by atoms with E-state index in [1.165, 1.54) is 18.2 Å². The predicted molar refractivity (Wildman–Crippen MR) is 103 cm³/mol. The van der Waals surface area contributed by atoms with Gasteiger partial charge in [-0.3, -0.25) is 4.90 Å². The van der Waals surface area contributed by atoms with E-state index in [9.17, 15) is 12.8 Å². The summed E-state index contributed by atoms with van der Waals surface area (Å²) in [7, 11) is -3.73. The number of halogens is 1. The van der Waals surface area contributed by atoms with E-state index in [4.69, 9.17) is 4.74 Å². The minimum Gasteiger partial charge on any atom is -0.379 e. The third kappa shape index (κ3) is 4.93. The highest BCUT2D eigenvalue weighted by atomic mass is 32.2. The Hall–Kier alpha value is -1.80. The lowest BCUT2D eigenvalue weighted by atomic mass is 10.0. The van der Waals surface area contributed by atoms with Gasteiger partial charge >= 0.3 is 0 Å². The average molecular weight is 392 g/mol. The Morgan fingerprint density at radius 1 is 1.15 bits per heavy atom. The van der Waals surface area contributed by atoms with Gasteiger partial charge in [-0.2, -0.15) is 0 Å². The van der Waals surface area contributed by atoms with Gasteiger partial charge < -0.3 is 4.74 Å². The summed E-state index contributed by atoms with van der Waals surface area (Å²) < 4.78 is 47.0. The molecule has 0 aliphatic carbocycles. The summed E-state index contributed by atoms with van der Waals surface area (Å²) in [5.74, 6) is -0.417. The van der Waals surface area contributed by atoms with E-state index in [0.717, 1.165) is 24.2 Å². The summed E-state index contributed by atoms with van der Waals surface area (Å²) in [5, 5.41) is 0. The molecule has 7 heteroatoms. The summed E-state index contributed by atoms with van der Waals surface area (Å²) in [4.78, 5) is 2.31. The molecule has 1 aliphatic rings. The summed E-state index contributed by atoms with van der Waals surface area (Å²) in [6, 6.07) is 11.8. The maximum Gasteiger partial charge on any atom is 0.240 e. The van der Waals surface area contributed by atoms with Crippen LogP contribution in [0.3, 0.4) is 0 Å². The highest BCUT2D eigenvalue weighted by Gasteiger charge is 2.25. The van der Waals surface area contributed by atoms with Crippen molar-refractivity contribution in [3.05, 3.63) is 65.0 Å². The fraction of sp³-hybridized carbons (Fsp3) is 0.400. The summed E-state index contributed by atoms with van der Waals surface area (Å²) >= 11 is 0. The third-order valence-corrected chi connectivity index (χ3v) is 6.24. The highest BCUT2D eigenvalue weighted by molar-refractivity contribution is 7.89. The van der Waals surface area contributed by atoms with E-state index in [0.29, 0.717) is 18.8 Å². The van der Waals surface area contributed by atoms with Crippen LogP contribution < -0.4 is 4.72 Å². The minimum absolute atomic E-state index is 0.0753. The quantitative estimate of drug-likeness (QED) is 0.821. The molecule has 1 saturated heterocycles. The Balaban J connectivity index is 1.82. The molecule has 0 aromatic heterocycles. The topological polar surface area (TPSA) is 58.6 Å². The fourth-order valence-corrected chi connectivity index (χ4v) is 4.40. The van der Waals surface area contributed by atoms with Crippen molar-refractivity contribution >= 4 is 10.0 Å². The maximum absolute atomic E-state index is 13.5. The molecule has 1 fully saturated rings. The standard InChI is InChI=1S/C20H25FN2O3S/c1-15-4-3-5-17(12-15)20(23-8-10-26-11-9-23)14-22-27(24,25)18-6-7-19(21)16(2)13-18/h3-7,12-13,20,22H,8-11,14H2,1-2H3. The van der Waals surface area contributed by atoms with E-state index < -0.39 is 15.8 Å². The molecule has 2 aromatic carbocycles. The zero-order valence-electron chi connectivity index (χ0n) is 15.6. The first-order valence-corrected chi connectivity index (χ1v) is 10.5. The first kappa shape index (κ1) is 19.9. The first-order valence-electron chi connectivity index (χ1n) is 9.01. The van der Waals surface area contributed by atoms with Gasteiger partial charge in [0.25, 0.3) is 0 Å². The van der Waals surface area contributed by atoms with Crippen LogP contribution in [0, 0.1) is 19.7 Å². The lowest BCUT2D eigenvalue weighted by molar-refractivity contribution is 0.0172. The van der Waals surface area contributed by atoms with Gasteiger partial charge in [0.2, 0.25) is 10.0 Å². The van der Waals surface area contributed by atoms with Crippen molar-refractivity contribution < 1.29 is 17.5 Å². The Morgan fingerprint density at radius 2 is 1.89 bits per heavy atom.